The van der Waals surface area contributed by atoms with Crippen LogP contribution in [0, 0.1) is 5.92 Å². The molecule has 1 saturated heterocycles. The fourth-order valence-electron chi connectivity index (χ4n) is 2.81. The molecule has 1 aliphatic heterocycles. The van der Waals surface area contributed by atoms with Gasteiger partial charge in [-0.3, -0.25) is 0 Å². The van der Waals surface area contributed by atoms with E-state index in [1.54, 1.807) is 0 Å². The molecule has 1 aliphatic carbocycles. The van der Waals surface area contributed by atoms with Crippen molar-refractivity contribution in [3.8, 4) is 0 Å². The van der Waals surface area contributed by atoms with Gasteiger partial charge in [-0.05, 0) is 43.0 Å². The van der Waals surface area contributed by atoms with Crippen molar-refractivity contribution in [2.45, 2.75) is 36.4 Å². The molecule has 2 nitrogen and oxygen atoms in total. The Morgan fingerprint density at radius 2 is 1.74 bits per heavy atom. The zero-order valence-electron chi connectivity index (χ0n) is 10.9. The van der Waals surface area contributed by atoms with Crippen molar-refractivity contribution in [3.63, 3.8) is 0 Å². The first kappa shape index (κ1) is 13.9. The summed E-state index contributed by atoms with van der Waals surface area (Å²) in [4.78, 5) is 1.36. The molecule has 1 aromatic carbocycles. The molecule has 0 atom stereocenters. The highest BCUT2D eigenvalue weighted by Gasteiger charge is 2.40. The van der Waals surface area contributed by atoms with Gasteiger partial charge in [-0.2, -0.15) is 0 Å². The van der Waals surface area contributed by atoms with Crippen LogP contribution in [0.1, 0.15) is 25.7 Å². The van der Waals surface area contributed by atoms with Gasteiger partial charge in [-0.25, -0.2) is 0 Å². The lowest BCUT2D eigenvalue weighted by molar-refractivity contribution is -0.181. The van der Waals surface area contributed by atoms with Gasteiger partial charge in [0.25, 0.3) is 0 Å². The molecule has 1 spiro atoms. The quantitative estimate of drug-likeness (QED) is 0.754. The van der Waals surface area contributed by atoms with E-state index in [9.17, 15) is 0 Å². The van der Waals surface area contributed by atoms with Crippen molar-refractivity contribution >= 4 is 27.7 Å². The van der Waals surface area contributed by atoms with Gasteiger partial charge in [0.05, 0.1) is 13.2 Å². The van der Waals surface area contributed by atoms with Crippen molar-refractivity contribution in [2.75, 3.05) is 19.0 Å². The van der Waals surface area contributed by atoms with Crippen LogP contribution in [0.2, 0.25) is 0 Å². The molecule has 0 aromatic heterocycles. The van der Waals surface area contributed by atoms with Gasteiger partial charge < -0.3 is 9.47 Å². The highest BCUT2D eigenvalue weighted by Crippen LogP contribution is 2.40. The molecule has 1 saturated carbocycles. The number of benzene rings is 1. The second-order valence-electron chi connectivity index (χ2n) is 5.32. The molecular weight excluding hydrogens is 324 g/mol. The average Bonchev–Trinajstić information content (AvgIpc) is 2.89. The summed E-state index contributed by atoms with van der Waals surface area (Å²) in [5, 5.41) is 0. The third kappa shape index (κ3) is 3.54. The van der Waals surface area contributed by atoms with E-state index < -0.39 is 0 Å². The van der Waals surface area contributed by atoms with Crippen molar-refractivity contribution < 1.29 is 9.47 Å². The topological polar surface area (TPSA) is 18.5 Å². The fourth-order valence-corrected chi connectivity index (χ4v) is 4.17. The van der Waals surface area contributed by atoms with Crippen LogP contribution in [0.3, 0.4) is 0 Å². The molecule has 0 bridgehead atoms. The SMILES string of the molecule is Brc1ccc(SCC2CCC3(CC2)OCCO3)cc1. The summed E-state index contributed by atoms with van der Waals surface area (Å²) in [6.45, 7) is 1.55. The van der Waals surface area contributed by atoms with Crippen LogP contribution >= 0.6 is 27.7 Å². The van der Waals surface area contributed by atoms with E-state index in [0.29, 0.717) is 0 Å². The van der Waals surface area contributed by atoms with Gasteiger partial charge in [0.1, 0.15) is 0 Å². The van der Waals surface area contributed by atoms with E-state index >= 15 is 0 Å². The van der Waals surface area contributed by atoms with Crippen molar-refractivity contribution in [1.29, 1.82) is 0 Å². The third-order valence-corrected chi connectivity index (χ3v) is 5.75. The molecule has 19 heavy (non-hydrogen) atoms. The molecule has 2 aliphatic rings. The van der Waals surface area contributed by atoms with Crippen LogP contribution in [-0.4, -0.2) is 24.8 Å². The highest BCUT2D eigenvalue weighted by molar-refractivity contribution is 9.10. The minimum absolute atomic E-state index is 0.210. The summed E-state index contributed by atoms with van der Waals surface area (Å²) in [6.07, 6.45) is 4.59. The van der Waals surface area contributed by atoms with Crippen LogP contribution in [0.5, 0.6) is 0 Å². The van der Waals surface area contributed by atoms with Gasteiger partial charge >= 0.3 is 0 Å². The van der Waals surface area contributed by atoms with Crippen molar-refractivity contribution in [3.05, 3.63) is 28.7 Å². The van der Waals surface area contributed by atoms with Crippen LogP contribution in [-0.2, 0) is 9.47 Å². The molecule has 2 fully saturated rings. The molecule has 104 valence electrons. The first-order valence-electron chi connectivity index (χ1n) is 6.92. The second kappa shape index (κ2) is 6.17. The molecule has 4 heteroatoms. The number of halogens is 1. The maximum Gasteiger partial charge on any atom is 0.168 e. The van der Waals surface area contributed by atoms with Gasteiger partial charge in [-0.1, -0.05) is 15.9 Å². The van der Waals surface area contributed by atoms with Crippen LogP contribution < -0.4 is 0 Å². The monoisotopic (exact) mass is 342 g/mol. The van der Waals surface area contributed by atoms with Crippen LogP contribution in [0.15, 0.2) is 33.6 Å². The third-order valence-electron chi connectivity index (χ3n) is 3.98. The summed E-state index contributed by atoms with van der Waals surface area (Å²) in [6, 6.07) is 8.58. The lowest BCUT2D eigenvalue weighted by Gasteiger charge is -2.35. The Morgan fingerprint density at radius 3 is 2.37 bits per heavy atom. The van der Waals surface area contributed by atoms with Crippen LogP contribution in [0.25, 0.3) is 0 Å². The van der Waals surface area contributed by atoms with Crippen molar-refractivity contribution in [1.82, 2.24) is 0 Å². The van der Waals surface area contributed by atoms with E-state index in [-0.39, 0.29) is 5.79 Å². The summed E-state index contributed by atoms with van der Waals surface area (Å²) < 4.78 is 12.7. The predicted octanol–water partition coefficient (Wildman–Crippen LogP) is 4.47. The maximum atomic E-state index is 5.77. The number of ether oxygens (including phenoxy) is 2. The minimum Gasteiger partial charge on any atom is -0.348 e. The number of hydrogen-bond acceptors (Lipinski definition) is 3. The second-order valence-corrected chi connectivity index (χ2v) is 7.32. The van der Waals surface area contributed by atoms with Gasteiger partial charge in [0, 0.05) is 28.0 Å². The van der Waals surface area contributed by atoms with E-state index in [1.165, 1.54) is 23.5 Å². The van der Waals surface area contributed by atoms with E-state index in [1.807, 2.05) is 11.8 Å². The van der Waals surface area contributed by atoms with Gasteiger partial charge in [0.15, 0.2) is 5.79 Å². The molecular formula is C15H19BrO2S. The number of hydrogen-bond donors (Lipinski definition) is 0. The zero-order valence-corrected chi connectivity index (χ0v) is 13.3. The molecule has 0 N–H and O–H groups in total. The minimum atomic E-state index is -0.210. The van der Waals surface area contributed by atoms with Crippen LogP contribution in [0.4, 0.5) is 0 Å². The smallest absolute Gasteiger partial charge is 0.168 e. The lowest BCUT2D eigenvalue weighted by Crippen LogP contribution is -2.35. The summed E-state index contributed by atoms with van der Waals surface area (Å²) >= 11 is 5.43. The largest absolute Gasteiger partial charge is 0.348 e. The molecule has 1 heterocycles. The Hall–Kier alpha value is -0.0300. The Bertz CT molecular complexity index is 405. The highest BCUT2D eigenvalue weighted by atomic mass is 79.9. The zero-order chi connectivity index (χ0) is 13.1. The Labute approximate surface area is 127 Å². The lowest BCUT2D eigenvalue weighted by atomic mass is 9.86. The summed E-state index contributed by atoms with van der Waals surface area (Å²) in [7, 11) is 0. The Morgan fingerprint density at radius 1 is 1.11 bits per heavy atom. The molecule has 0 radical (unpaired) electrons. The van der Waals surface area contributed by atoms with Crippen molar-refractivity contribution in [2.24, 2.45) is 5.92 Å². The first-order valence-corrected chi connectivity index (χ1v) is 8.70. The van der Waals surface area contributed by atoms with E-state index in [0.717, 1.165) is 36.4 Å². The first-order chi connectivity index (χ1) is 9.26. The van der Waals surface area contributed by atoms with E-state index in [4.69, 9.17) is 9.47 Å². The standard InChI is InChI=1S/C15H19BrO2S/c16-13-1-3-14(4-2-13)19-11-12-5-7-15(8-6-12)17-9-10-18-15/h1-4,12H,5-11H2. The number of thioether (sulfide) groups is 1. The normalized spacial score (nSPS) is 23.0. The van der Waals surface area contributed by atoms with Gasteiger partial charge in [0.2, 0.25) is 0 Å². The molecule has 1 aromatic rings. The molecule has 0 amide bonds. The summed E-state index contributed by atoms with van der Waals surface area (Å²) in [5.41, 5.74) is 0. The average molecular weight is 343 g/mol. The maximum absolute atomic E-state index is 5.77. The molecule has 3 rings (SSSR count). The fraction of sp³-hybridized carbons (Fsp3) is 0.600. The van der Waals surface area contributed by atoms with E-state index in [2.05, 4.69) is 40.2 Å². The number of rotatable bonds is 3. The predicted molar refractivity (Wildman–Crippen MR) is 81.5 cm³/mol. The summed E-state index contributed by atoms with van der Waals surface area (Å²) in [5.74, 6) is 1.79. The Balaban J connectivity index is 1.46. The van der Waals surface area contributed by atoms with Gasteiger partial charge in [-0.15, -0.1) is 11.8 Å². The Kier molecular flexibility index (Phi) is 4.52. The molecule has 0 unspecified atom stereocenters.